The van der Waals surface area contributed by atoms with E-state index in [0.717, 1.165) is 0 Å². The van der Waals surface area contributed by atoms with E-state index >= 15 is 0 Å². The Bertz CT molecular complexity index is 1210. The number of ether oxygens (including phenoxy) is 8. The Kier molecular flexibility index (Phi) is 15.9. The molecule has 3 aliphatic heterocycles. The normalized spacial score (nSPS) is 48.3. The molecule has 3 fully saturated rings. The van der Waals surface area contributed by atoms with E-state index in [2.05, 4.69) is 0 Å². The lowest BCUT2D eigenvalue weighted by molar-refractivity contribution is -0.319. The van der Waals surface area contributed by atoms with E-state index < -0.39 is 102 Å². The van der Waals surface area contributed by atoms with Crippen molar-refractivity contribution < 1.29 is 62.8 Å². The first-order chi connectivity index (χ1) is 24.5. The summed E-state index contributed by atoms with van der Waals surface area (Å²) in [5.74, 6) is -4.02. The number of aliphatic hydroxyl groups is 3. The van der Waals surface area contributed by atoms with Gasteiger partial charge in [0.1, 0.15) is 29.7 Å². The Hall–Kier alpha value is -1.30. The van der Waals surface area contributed by atoms with Crippen LogP contribution in [0.1, 0.15) is 94.9 Å². The number of likely N-dealkylation sites (N-methyl/N-ethyl adjacent to an activating group) is 1. The molecule has 0 aliphatic carbocycles. The second-order valence-electron chi connectivity index (χ2n) is 16.8. The van der Waals surface area contributed by atoms with Crippen molar-refractivity contribution in [2.75, 3.05) is 35.4 Å². The minimum atomic E-state index is -1.42. The molecule has 0 aromatic heterocycles. The molecule has 3 heterocycles. The van der Waals surface area contributed by atoms with Crippen LogP contribution in [0.3, 0.4) is 0 Å². The molecule has 0 spiro atoms. The molecule has 0 aromatic carbocycles. The summed E-state index contributed by atoms with van der Waals surface area (Å²) in [5, 5.41) is 34.3. The predicted molar refractivity (Wildman–Crippen MR) is 196 cm³/mol. The molecule has 53 heavy (non-hydrogen) atoms. The molecule has 0 radical (unpaired) electrons. The van der Waals surface area contributed by atoms with Crippen LogP contribution in [0.4, 0.5) is 0 Å². The third kappa shape index (κ3) is 9.64. The second-order valence-corrected chi connectivity index (χ2v) is 16.8. The number of ketones is 1. The number of cyclic esters (lactones) is 1. The van der Waals surface area contributed by atoms with Gasteiger partial charge in [-0.3, -0.25) is 9.59 Å². The van der Waals surface area contributed by atoms with Gasteiger partial charge in [0.05, 0.1) is 47.6 Å². The monoisotopic (exact) mass is 761 g/mol. The molecule has 3 saturated heterocycles. The summed E-state index contributed by atoms with van der Waals surface area (Å²) < 4.78 is 50.2. The van der Waals surface area contributed by atoms with Crippen molar-refractivity contribution >= 4 is 11.8 Å². The Labute approximate surface area is 317 Å². The molecular formula is C39H71NO13. The van der Waals surface area contributed by atoms with Crippen LogP contribution in [0, 0.1) is 23.7 Å². The highest BCUT2D eigenvalue weighted by molar-refractivity contribution is 5.83. The number of esters is 1. The van der Waals surface area contributed by atoms with Crippen molar-refractivity contribution in [2.45, 2.75) is 179 Å². The molecular weight excluding hydrogens is 690 g/mol. The van der Waals surface area contributed by atoms with Gasteiger partial charge in [-0.15, -0.1) is 0 Å². The van der Waals surface area contributed by atoms with Gasteiger partial charge >= 0.3 is 5.97 Å². The fourth-order valence-corrected chi connectivity index (χ4v) is 8.82. The molecule has 0 saturated carbocycles. The maximum absolute atomic E-state index is 14.3. The SMILES string of the molecule is CC[C@H]1OC(=O)[C@H](C)[C@@H](O[C@H]2C[C@@](C)(OC)[C@@H](O)[C@H](C)O2)[C@@H](C)[C@@H](O[C@@H]2O[C@H](C)C[C@H](N(C)C)[C@H]2O)[C@](C)(OC)C[C@@H](C)C(=O)[C@H](C)[C@H](O)[C@]1(C)OC. The molecule has 0 unspecified atom stereocenters. The van der Waals surface area contributed by atoms with E-state index in [9.17, 15) is 24.9 Å². The van der Waals surface area contributed by atoms with Gasteiger partial charge in [0.25, 0.3) is 0 Å². The molecule has 18 atom stereocenters. The van der Waals surface area contributed by atoms with Gasteiger partial charge in [0, 0.05) is 51.5 Å². The van der Waals surface area contributed by atoms with Crippen molar-refractivity contribution in [3.63, 3.8) is 0 Å². The van der Waals surface area contributed by atoms with Crippen LogP contribution in [-0.4, -0.2) is 152 Å². The first kappa shape index (κ1) is 46.1. The molecule has 0 bridgehead atoms. The lowest BCUT2D eigenvalue weighted by Gasteiger charge is -2.50. The summed E-state index contributed by atoms with van der Waals surface area (Å²) >= 11 is 0. The fraction of sp³-hybridized carbons (Fsp3) is 0.949. The summed E-state index contributed by atoms with van der Waals surface area (Å²) in [5.41, 5.74) is -3.66. The number of carbonyl (C=O) groups excluding carboxylic acids is 2. The highest BCUT2D eigenvalue weighted by Gasteiger charge is 2.54. The average Bonchev–Trinajstić information content (AvgIpc) is 3.12. The summed E-state index contributed by atoms with van der Waals surface area (Å²) in [7, 11) is 8.26. The topological polar surface area (TPSA) is 172 Å². The molecule has 14 nitrogen and oxygen atoms in total. The average molecular weight is 762 g/mol. The van der Waals surface area contributed by atoms with Crippen LogP contribution in [0.2, 0.25) is 0 Å². The van der Waals surface area contributed by atoms with Crippen molar-refractivity contribution in [1.82, 2.24) is 4.90 Å². The summed E-state index contributed by atoms with van der Waals surface area (Å²) in [6.45, 7) is 17.7. The Morgan fingerprint density at radius 2 is 1.42 bits per heavy atom. The number of hydrogen-bond acceptors (Lipinski definition) is 14. The highest BCUT2D eigenvalue weighted by atomic mass is 16.7. The quantitative estimate of drug-likeness (QED) is 0.293. The summed E-state index contributed by atoms with van der Waals surface area (Å²) in [6.07, 6.45) is -7.89. The third-order valence-electron chi connectivity index (χ3n) is 12.7. The molecule has 3 N–H and O–H groups in total. The van der Waals surface area contributed by atoms with Gasteiger partial charge in [-0.25, -0.2) is 0 Å². The number of rotatable bonds is 9. The van der Waals surface area contributed by atoms with Crippen LogP contribution in [-0.2, 0) is 47.5 Å². The molecule has 310 valence electrons. The largest absolute Gasteiger partial charge is 0.459 e. The molecule has 3 rings (SSSR count). The summed E-state index contributed by atoms with van der Waals surface area (Å²) in [6, 6.07) is -0.272. The molecule has 14 heteroatoms. The Morgan fingerprint density at radius 3 is 1.94 bits per heavy atom. The van der Waals surface area contributed by atoms with E-state index in [0.29, 0.717) is 12.8 Å². The number of carbonyl (C=O) groups is 2. The van der Waals surface area contributed by atoms with Gasteiger partial charge < -0.3 is 58.1 Å². The first-order valence-corrected chi connectivity index (χ1v) is 19.3. The standard InChI is InChI=1S/C39H71NO13/c1-16-27-39(10,48-15)32(43)22(4)29(41)20(2)18-38(9,47-14)34(53-36-30(42)26(40(11)12)17-21(3)49-36)23(5)31(24(6)35(45)51-27)52-28-19-37(8,46-13)33(44)25(7)50-28/h20-28,30-34,36,42-44H,16-19H2,1-15H3/t20-,21-,22+,23-,24-,25+,26+,27-,28+,30-,31+,32+,33+,34-,36+,37-,38-,39-/m1/s1. The van der Waals surface area contributed by atoms with E-state index in [1.807, 2.05) is 46.7 Å². The highest BCUT2D eigenvalue weighted by Crippen LogP contribution is 2.42. The van der Waals surface area contributed by atoms with E-state index in [1.165, 1.54) is 21.3 Å². The number of Topliss-reactive ketones (excluding diaryl/α,β-unsaturated/α-hetero) is 1. The lowest BCUT2D eigenvalue weighted by Crippen LogP contribution is -2.61. The smallest absolute Gasteiger partial charge is 0.311 e. The van der Waals surface area contributed by atoms with Crippen LogP contribution in [0.25, 0.3) is 0 Å². The van der Waals surface area contributed by atoms with Gasteiger partial charge in [-0.1, -0.05) is 27.7 Å². The van der Waals surface area contributed by atoms with Crippen LogP contribution in [0.5, 0.6) is 0 Å². The molecule has 0 amide bonds. The van der Waals surface area contributed by atoms with Gasteiger partial charge in [0.2, 0.25) is 0 Å². The fourth-order valence-electron chi connectivity index (χ4n) is 8.82. The van der Waals surface area contributed by atoms with Crippen molar-refractivity contribution in [1.29, 1.82) is 0 Å². The Balaban J connectivity index is 2.24. The zero-order valence-electron chi connectivity index (χ0n) is 34.9. The molecule has 0 aromatic rings. The number of hydrogen-bond donors (Lipinski definition) is 3. The third-order valence-corrected chi connectivity index (χ3v) is 12.7. The zero-order chi connectivity index (χ0) is 40.4. The lowest BCUT2D eigenvalue weighted by atomic mass is 9.73. The number of aliphatic hydroxyl groups excluding tert-OH is 3. The maximum Gasteiger partial charge on any atom is 0.311 e. The first-order valence-electron chi connectivity index (χ1n) is 19.3. The summed E-state index contributed by atoms with van der Waals surface area (Å²) in [4.78, 5) is 30.4. The number of nitrogens with zero attached hydrogens (tertiary/aromatic N) is 1. The minimum Gasteiger partial charge on any atom is -0.459 e. The minimum absolute atomic E-state index is 0.147. The predicted octanol–water partition coefficient (Wildman–Crippen LogP) is 3.09. The van der Waals surface area contributed by atoms with Gasteiger partial charge in [0.15, 0.2) is 12.6 Å². The van der Waals surface area contributed by atoms with Crippen molar-refractivity contribution in [3.05, 3.63) is 0 Å². The van der Waals surface area contributed by atoms with Gasteiger partial charge in [-0.2, -0.15) is 0 Å². The zero-order valence-corrected chi connectivity index (χ0v) is 34.9. The van der Waals surface area contributed by atoms with E-state index in [1.54, 1.807) is 41.5 Å². The van der Waals surface area contributed by atoms with E-state index in [-0.39, 0.29) is 30.8 Å². The maximum atomic E-state index is 14.3. The van der Waals surface area contributed by atoms with Crippen LogP contribution in [0.15, 0.2) is 0 Å². The van der Waals surface area contributed by atoms with Crippen LogP contribution < -0.4 is 0 Å². The molecule has 3 aliphatic rings. The van der Waals surface area contributed by atoms with Gasteiger partial charge in [-0.05, 0) is 74.9 Å². The van der Waals surface area contributed by atoms with Crippen molar-refractivity contribution in [3.8, 4) is 0 Å². The Morgan fingerprint density at radius 1 is 0.811 bits per heavy atom. The second kappa shape index (κ2) is 18.3. The van der Waals surface area contributed by atoms with Crippen molar-refractivity contribution in [2.24, 2.45) is 23.7 Å². The van der Waals surface area contributed by atoms with E-state index in [4.69, 9.17) is 37.9 Å². The number of methoxy groups -OCH3 is 3. The van der Waals surface area contributed by atoms with Crippen LogP contribution >= 0.6 is 0 Å².